The quantitative estimate of drug-likeness (QED) is 0.520. The fourth-order valence-electron chi connectivity index (χ4n) is 1.23. The molecule has 0 fully saturated rings. The fraction of sp³-hybridized carbons (Fsp3) is 0.500. The van der Waals surface area contributed by atoms with Gasteiger partial charge in [-0.3, -0.25) is 10.1 Å². The average Bonchev–Trinajstić information content (AvgIpc) is 2.32. The molecule has 1 aromatic rings. The molecule has 0 spiro atoms. The first-order chi connectivity index (χ1) is 9.48. The first-order valence-electron chi connectivity index (χ1n) is 4.95. The number of ether oxygens (including phenoxy) is 1. The molecule has 0 bridgehead atoms. The van der Waals surface area contributed by atoms with Crippen LogP contribution in [0, 0.1) is 10.1 Å². The Bertz CT molecular complexity index is 518. The van der Waals surface area contributed by atoms with Crippen molar-refractivity contribution < 1.29 is 36.0 Å². The fourth-order valence-corrected chi connectivity index (χ4v) is 1.23. The second-order valence-corrected chi connectivity index (χ2v) is 3.46. The number of hydrogen-bond donors (Lipinski definition) is 1. The van der Waals surface area contributed by atoms with Crippen LogP contribution in [0.1, 0.15) is 0 Å². The van der Waals surface area contributed by atoms with Gasteiger partial charge in [0.25, 0.3) is 6.10 Å². The van der Waals surface area contributed by atoms with Crippen LogP contribution in [0.3, 0.4) is 0 Å². The lowest BCUT2D eigenvalue weighted by Gasteiger charge is -2.23. The Hall–Kier alpha value is -2.34. The summed E-state index contributed by atoms with van der Waals surface area (Å²) in [6.07, 6.45) is -15.4. The van der Waals surface area contributed by atoms with Gasteiger partial charge in [-0.1, -0.05) is 0 Å². The normalized spacial score (nSPS) is 12.4. The number of alkyl halides is 6. The van der Waals surface area contributed by atoms with Crippen molar-refractivity contribution >= 4 is 11.5 Å². The number of rotatable bonds is 4. The molecule has 1 N–H and O–H groups in total. The summed E-state index contributed by atoms with van der Waals surface area (Å²) in [5, 5.41) is 12.9. The minimum absolute atomic E-state index is 0.526. The Labute approximate surface area is 112 Å². The highest BCUT2D eigenvalue weighted by molar-refractivity contribution is 5.60. The Kier molecular flexibility index (Phi) is 4.43. The van der Waals surface area contributed by atoms with Gasteiger partial charge in [-0.15, -0.1) is 0 Å². The maximum Gasteiger partial charge on any atom is 0.434 e. The van der Waals surface area contributed by atoms with Crippen molar-refractivity contribution in [3.05, 3.63) is 16.4 Å². The molecule has 0 saturated heterocycles. The van der Waals surface area contributed by atoms with E-state index in [9.17, 15) is 36.5 Å². The number of nitro groups is 1. The molecule has 1 aromatic heterocycles. The second-order valence-electron chi connectivity index (χ2n) is 3.46. The zero-order chi connectivity index (χ0) is 16.4. The van der Waals surface area contributed by atoms with E-state index in [-0.39, 0.29) is 0 Å². The van der Waals surface area contributed by atoms with Crippen LogP contribution in [0.4, 0.5) is 37.8 Å². The molecular formula is C8H6F6N4O3. The molecule has 7 nitrogen and oxygen atoms in total. The highest BCUT2D eigenvalue weighted by Crippen LogP contribution is 2.39. The van der Waals surface area contributed by atoms with Gasteiger partial charge in [-0.25, -0.2) is 4.98 Å². The number of hydrogen-bond acceptors (Lipinski definition) is 6. The van der Waals surface area contributed by atoms with E-state index in [0.717, 1.165) is 7.05 Å². The molecule has 0 saturated carbocycles. The van der Waals surface area contributed by atoms with Gasteiger partial charge in [-0.2, -0.15) is 31.3 Å². The van der Waals surface area contributed by atoms with Crippen molar-refractivity contribution in [2.75, 3.05) is 12.4 Å². The van der Waals surface area contributed by atoms with E-state index >= 15 is 0 Å². The number of nitrogens with zero attached hydrogens (tertiary/aromatic N) is 3. The van der Waals surface area contributed by atoms with Crippen LogP contribution < -0.4 is 10.1 Å². The molecule has 0 amide bonds. The predicted octanol–water partition coefficient (Wildman–Crippen LogP) is 2.30. The van der Waals surface area contributed by atoms with E-state index in [0.29, 0.717) is 6.33 Å². The van der Waals surface area contributed by atoms with E-state index < -0.39 is 40.8 Å². The zero-order valence-electron chi connectivity index (χ0n) is 9.99. The predicted molar refractivity (Wildman–Crippen MR) is 54.8 cm³/mol. The molecule has 0 aliphatic carbocycles. The van der Waals surface area contributed by atoms with Crippen molar-refractivity contribution in [3.63, 3.8) is 0 Å². The lowest BCUT2D eigenvalue weighted by atomic mass is 10.3. The van der Waals surface area contributed by atoms with Gasteiger partial charge >= 0.3 is 23.9 Å². The van der Waals surface area contributed by atoms with Crippen LogP contribution in [-0.4, -0.2) is 40.4 Å². The van der Waals surface area contributed by atoms with Crippen molar-refractivity contribution in [2.24, 2.45) is 0 Å². The lowest BCUT2D eigenvalue weighted by molar-refractivity contribution is -0.387. The second kappa shape index (κ2) is 5.57. The highest BCUT2D eigenvalue weighted by atomic mass is 19.4. The van der Waals surface area contributed by atoms with Crippen LogP contribution in [0.25, 0.3) is 0 Å². The topological polar surface area (TPSA) is 90.2 Å². The number of halogens is 6. The first-order valence-corrected chi connectivity index (χ1v) is 4.95. The van der Waals surface area contributed by atoms with E-state index in [4.69, 9.17) is 0 Å². The first kappa shape index (κ1) is 16.7. The van der Waals surface area contributed by atoms with E-state index in [1.807, 2.05) is 0 Å². The Morgan fingerprint density at radius 2 is 1.76 bits per heavy atom. The molecule has 0 unspecified atom stereocenters. The Morgan fingerprint density at radius 1 is 1.24 bits per heavy atom. The van der Waals surface area contributed by atoms with Gasteiger partial charge in [0.2, 0.25) is 5.82 Å². The maximum atomic E-state index is 12.3. The van der Waals surface area contributed by atoms with Crippen molar-refractivity contribution in [1.82, 2.24) is 9.97 Å². The van der Waals surface area contributed by atoms with Crippen LogP contribution in [0.2, 0.25) is 0 Å². The Balaban J connectivity index is 3.31. The lowest BCUT2D eigenvalue weighted by Crippen LogP contribution is -2.46. The number of anilines is 1. The van der Waals surface area contributed by atoms with Crippen molar-refractivity contribution in [1.29, 1.82) is 0 Å². The van der Waals surface area contributed by atoms with Crippen molar-refractivity contribution in [3.8, 4) is 5.88 Å². The summed E-state index contributed by atoms with van der Waals surface area (Å²) in [5.74, 6) is -2.04. The van der Waals surface area contributed by atoms with Crippen LogP contribution in [0.15, 0.2) is 6.33 Å². The molecular weight excluding hydrogens is 314 g/mol. The van der Waals surface area contributed by atoms with Gasteiger partial charge in [0, 0.05) is 7.05 Å². The molecule has 0 aliphatic rings. The summed E-state index contributed by atoms with van der Waals surface area (Å²) in [7, 11) is 1.13. The molecule has 21 heavy (non-hydrogen) atoms. The minimum atomic E-state index is -5.82. The molecule has 0 radical (unpaired) electrons. The highest BCUT2D eigenvalue weighted by Gasteiger charge is 2.60. The molecule has 1 heterocycles. The molecule has 0 aromatic carbocycles. The maximum absolute atomic E-state index is 12.3. The van der Waals surface area contributed by atoms with Crippen LogP contribution >= 0.6 is 0 Å². The van der Waals surface area contributed by atoms with Gasteiger partial charge in [-0.05, 0) is 0 Å². The summed E-state index contributed by atoms with van der Waals surface area (Å²) in [5.41, 5.74) is -1.24. The average molecular weight is 320 g/mol. The minimum Gasteiger partial charge on any atom is -0.450 e. The monoisotopic (exact) mass is 320 g/mol. The summed E-state index contributed by atoms with van der Waals surface area (Å²) in [6.45, 7) is 0. The summed E-state index contributed by atoms with van der Waals surface area (Å²) in [4.78, 5) is 15.7. The SMILES string of the molecule is CNc1ncnc(OC(C(F)(F)F)C(F)(F)F)c1[N+](=O)[O-]. The largest absolute Gasteiger partial charge is 0.450 e. The van der Waals surface area contributed by atoms with Crippen LogP contribution in [0.5, 0.6) is 5.88 Å². The smallest absolute Gasteiger partial charge is 0.434 e. The summed E-state index contributed by atoms with van der Waals surface area (Å²) >= 11 is 0. The van der Waals surface area contributed by atoms with Crippen molar-refractivity contribution in [2.45, 2.75) is 18.5 Å². The third-order valence-corrected chi connectivity index (χ3v) is 2.03. The standard InChI is InChI=1S/C8H6F6N4O3/c1-15-4-3(18(19)20)5(17-2-16-4)21-6(7(9,10)11)8(12,13)14/h2,6H,1H3,(H,15,16,17). The Morgan fingerprint density at radius 3 is 2.14 bits per heavy atom. The van der Waals surface area contributed by atoms with E-state index in [2.05, 4.69) is 20.0 Å². The van der Waals surface area contributed by atoms with E-state index in [1.165, 1.54) is 0 Å². The third-order valence-electron chi connectivity index (χ3n) is 2.03. The molecule has 13 heteroatoms. The molecule has 1 rings (SSSR count). The molecule has 0 atom stereocenters. The summed E-state index contributed by atoms with van der Waals surface area (Å²) < 4.78 is 77.8. The van der Waals surface area contributed by atoms with Gasteiger partial charge in [0.1, 0.15) is 6.33 Å². The number of nitrogens with one attached hydrogen (secondary N) is 1. The van der Waals surface area contributed by atoms with E-state index in [1.54, 1.807) is 0 Å². The van der Waals surface area contributed by atoms with Gasteiger partial charge in [0.15, 0.2) is 0 Å². The third kappa shape index (κ3) is 3.82. The molecule has 0 aliphatic heterocycles. The van der Waals surface area contributed by atoms with Gasteiger partial charge < -0.3 is 10.1 Å². The zero-order valence-corrected chi connectivity index (χ0v) is 9.99. The molecule has 118 valence electrons. The van der Waals surface area contributed by atoms with Crippen LogP contribution in [-0.2, 0) is 0 Å². The number of aromatic nitrogens is 2. The summed E-state index contributed by atoms with van der Waals surface area (Å²) in [6, 6.07) is 0. The van der Waals surface area contributed by atoms with Gasteiger partial charge in [0.05, 0.1) is 4.92 Å².